The SMILES string of the molecule is Cc1cc(C)c(C)c(C)c1.Cc1cc(C)cc(C)c1.Cc1ccc(C)c(C)c1. The summed E-state index contributed by atoms with van der Waals surface area (Å²) in [5.41, 5.74) is 13.8. The van der Waals surface area contributed by atoms with Crippen molar-refractivity contribution in [1.29, 1.82) is 0 Å². The van der Waals surface area contributed by atoms with Crippen molar-refractivity contribution >= 4 is 0 Å². The van der Waals surface area contributed by atoms with Crippen LogP contribution in [0.3, 0.4) is 0 Å². The first kappa shape index (κ1) is 23.7. The molecule has 3 rings (SSSR count). The lowest BCUT2D eigenvalue weighted by Crippen LogP contribution is -1.86. The van der Waals surface area contributed by atoms with Crippen molar-refractivity contribution in [3.05, 3.63) is 104 Å². The molecule has 0 fully saturated rings. The molecule has 0 aliphatic carbocycles. The molecule has 0 spiro atoms. The second-order valence-corrected chi connectivity index (χ2v) is 8.28. The van der Waals surface area contributed by atoms with Gasteiger partial charge in [-0.3, -0.25) is 0 Å². The Morgan fingerprint density at radius 1 is 0.321 bits per heavy atom. The van der Waals surface area contributed by atoms with Crippen LogP contribution in [0.2, 0.25) is 0 Å². The van der Waals surface area contributed by atoms with Crippen molar-refractivity contribution in [1.82, 2.24) is 0 Å². The summed E-state index contributed by atoms with van der Waals surface area (Å²) in [5.74, 6) is 0. The molecule has 0 N–H and O–H groups in total. The van der Waals surface area contributed by atoms with Crippen molar-refractivity contribution in [2.24, 2.45) is 0 Å². The summed E-state index contributed by atoms with van der Waals surface area (Å²) in [6, 6.07) is 17.5. The highest BCUT2D eigenvalue weighted by Crippen LogP contribution is 2.14. The molecule has 0 aliphatic rings. The Labute approximate surface area is 173 Å². The third-order valence-corrected chi connectivity index (χ3v) is 5.10. The zero-order valence-electron chi connectivity index (χ0n) is 19.6. The van der Waals surface area contributed by atoms with Crippen LogP contribution in [0.5, 0.6) is 0 Å². The van der Waals surface area contributed by atoms with Gasteiger partial charge in [0.05, 0.1) is 0 Å². The lowest BCUT2D eigenvalue weighted by molar-refractivity contribution is 1.23. The molecule has 0 heteroatoms. The summed E-state index contributed by atoms with van der Waals surface area (Å²) in [6.45, 7) is 21.4. The van der Waals surface area contributed by atoms with Crippen LogP contribution in [0, 0.1) is 69.2 Å². The molecule has 0 bridgehead atoms. The lowest BCUT2D eigenvalue weighted by Gasteiger charge is -2.04. The Kier molecular flexibility index (Phi) is 9.19. The predicted molar refractivity (Wildman–Crippen MR) is 127 cm³/mol. The molecule has 0 radical (unpaired) electrons. The molecule has 0 saturated carbocycles. The van der Waals surface area contributed by atoms with Crippen molar-refractivity contribution < 1.29 is 0 Å². The van der Waals surface area contributed by atoms with Crippen molar-refractivity contribution in [2.45, 2.75) is 69.2 Å². The zero-order chi connectivity index (χ0) is 21.4. The van der Waals surface area contributed by atoms with Gasteiger partial charge in [0.15, 0.2) is 0 Å². The molecule has 3 aromatic rings. The molecule has 150 valence electrons. The Balaban J connectivity index is 0.000000210. The average Bonchev–Trinajstić information content (AvgIpc) is 2.56. The van der Waals surface area contributed by atoms with Gasteiger partial charge < -0.3 is 0 Å². The van der Waals surface area contributed by atoms with Crippen molar-refractivity contribution in [3.8, 4) is 0 Å². The van der Waals surface area contributed by atoms with E-state index in [9.17, 15) is 0 Å². The van der Waals surface area contributed by atoms with Gasteiger partial charge in [0, 0.05) is 0 Å². The van der Waals surface area contributed by atoms with E-state index in [1.165, 1.54) is 55.6 Å². The highest BCUT2D eigenvalue weighted by atomic mass is 14.0. The van der Waals surface area contributed by atoms with Gasteiger partial charge >= 0.3 is 0 Å². The summed E-state index contributed by atoms with van der Waals surface area (Å²) < 4.78 is 0. The topological polar surface area (TPSA) is 0 Å². The Morgan fingerprint density at radius 3 is 1.04 bits per heavy atom. The van der Waals surface area contributed by atoms with E-state index in [-0.39, 0.29) is 0 Å². The number of hydrogen-bond donors (Lipinski definition) is 0. The molecule has 0 atom stereocenters. The van der Waals surface area contributed by atoms with Gasteiger partial charge in [0.1, 0.15) is 0 Å². The number of rotatable bonds is 0. The fourth-order valence-corrected chi connectivity index (χ4v) is 3.35. The Bertz CT molecular complexity index is 840. The maximum absolute atomic E-state index is 2.22. The van der Waals surface area contributed by atoms with Gasteiger partial charge in [-0.2, -0.15) is 0 Å². The minimum Gasteiger partial charge on any atom is -0.0590 e. The molecular formula is C28H38. The third-order valence-electron chi connectivity index (χ3n) is 5.10. The van der Waals surface area contributed by atoms with E-state index in [1.807, 2.05) is 0 Å². The van der Waals surface area contributed by atoms with E-state index in [0.29, 0.717) is 0 Å². The van der Waals surface area contributed by atoms with Gasteiger partial charge in [-0.15, -0.1) is 0 Å². The minimum atomic E-state index is 1.35. The number of aryl methyl sites for hydroxylation is 9. The van der Waals surface area contributed by atoms with Crippen LogP contribution < -0.4 is 0 Å². The first-order valence-corrected chi connectivity index (χ1v) is 10.1. The molecule has 0 nitrogen and oxygen atoms in total. The van der Waals surface area contributed by atoms with E-state index >= 15 is 0 Å². The first-order chi connectivity index (χ1) is 13.0. The van der Waals surface area contributed by atoms with Crippen LogP contribution in [0.4, 0.5) is 0 Å². The zero-order valence-corrected chi connectivity index (χ0v) is 19.6. The van der Waals surface area contributed by atoms with Crippen molar-refractivity contribution in [3.63, 3.8) is 0 Å². The highest BCUT2D eigenvalue weighted by molar-refractivity contribution is 5.36. The molecule has 3 aromatic carbocycles. The second-order valence-electron chi connectivity index (χ2n) is 8.28. The van der Waals surface area contributed by atoms with Gasteiger partial charge in [-0.25, -0.2) is 0 Å². The monoisotopic (exact) mass is 374 g/mol. The molecule has 28 heavy (non-hydrogen) atoms. The summed E-state index contributed by atoms with van der Waals surface area (Å²) in [5, 5.41) is 0. The van der Waals surface area contributed by atoms with Crippen LogP contribution in [0.15, 0.2) is 48.5 Å². The second kappa shape index (κ2) is 10.9. The molecule has 0 heterocycles. The maximum atomic E-state index is 2.22. The van der Waals surface area contributed by atoms with Crippen LogP contribution in [-0.4, -0.2) is 0 Å². The largest absolute Gasteiger partial charge is 0.0590 e. The molecule has 0 aliphatic heterocycles. The van der Waals surface area contributed by atoms with Gasteiger partial charge in [0.2, 0.25) is 0 Å². The lowest BCUT2D eigenvalue weighted by atomic mass is 10.0. The van der Waals surface area contributed by atoms with E-state index in [0.717, 1.165) is 0 Å². The minimum absolute atomic E-state index is 1.35. The highest BCUT2D eigenvalue weighted by Gasteiger charge is 1.96. The van der Waals surface area contributed by atoms with Crippen molar-refractivity contribution in [2.75, 3.05) is 0 Å². The number of benzene rings is 3. The maximum Gasteiger partial charge on any atom is -0.0392 e. The van der Waals surface area contributed by atoms with Gasteiger partial charge in [-0.05, 0) is 97.1 Å². The van der Waals surface area contributed by atoms with E-state index < -0.39 is 0 Å². The van der Waals surface area contributed by atoms with E-state index in [2.05, 4.69) is 118 Å². The fraction of sp³-hybridized carbons (Fsp3) is 0.357. The standard InChI is InChI=1S/C10H14.2C9H12/c1-7-5-8(2)10(4)9(3)6-7;1-7-4-8(2)6-9(3)5-7;1-7-4-5-8(2)9(3)6-7/h5-6H,1-4H3;2*4-6H,1-3H3. The average molecular weight is 375 g/mol. The Hall–Kier alpha value is -2.34. The predicted octanol–water partition coefficient (Wildman–Crippen LogP) is 8.14. The summed E-state index contributed by atoms with van der Waals surface area (Å²) in [6.07, 6.45) is 0. The summed E-state index contributed by atoms with van der Waals surface area (Å²) >= 11 is 0. The van der Waals surface area contributed by atoms with Crippen LogP contribution in [0.1, 0.15) is 55.6 Å². The van der Waals surface area contributed by atoms with Crippen LogP contribution in [-0.2, 0) is 0 Å². The smallest absolute Gasteiger partial charge is 0.0392 e. The first-order valence-electron chi connectivity index (χ1n) is 10.1. The van der Waals surface area contributed by atoms with E-state index in [4.69, 9.17) is 0 Å². The summed E-state index contributed by atoms with van der Waals surface area (Å²) in [7, 11) is 0. The van der Waals surface area contributed by atoms with Crippen LogP contribution >= 0.6 is 0 Å². The van der Waals surface area contributed by atoms with Gasteiger partial charge in [0.25, 0.3) is 0 Å². The quantitative estimate of drug-likeness (QED) is 0.372. The normalized spacial score (nSPS) is 9.79. The molecular weight excluding hydrogens is 336 g/mol. The van der Waals surface area contributed by atoms with Crippen LogP contribution in [0.25, 0.3) is 0 Å². The molecule has 0 amide bonds. The fourth-order valence-electron chi connectivity index (χ4n) is 3.35. The molecule has 0 unspecified atom stereocenters. The number of hydrogen-bond acceptors (Lipinski definition) is 0. The Morgan fingerprint density at radius 2 is 0.679 bits per heavy atom. The van der Waals surface area contributed by atoms with E-state index in [1.54, 1.807) is 0 Å². The summed E-state index contributed by atoms with van der Waals surface area (Å²) in [4.78, 5) is 0. The molecule has 0 aromatic heterocycles. The molecule has 0 saturated heterocycles. The third kappa shape index (κ3) is 8.13. The van der Waals surface area contributed by atoms with Gasteiger partial charge in [-0.1, -0.05) is 76.3 Å².